The van der Waals surface area contributed by atoms with E-state index in [9.17, 15) is 4.79 Å². The van der Waals surface area contributed by atoms with Gasteiger partial charge in [-0.25, -0.2) is 0 Å². The highest BCUT2D eigenvalue weighted by atomic mass is 16.2. The molecule has 2 N–H and O–H groups in total. The first-order chi connectivity index (χ1) is 10.1. The molecule has 1 aliphatic rings. The monoisotopic (exact) mass is 288 g/mol. The van der Waals surface area contributed by atoms with Crippen molar-refractivity contribution in [1.82, 2.24) is 5.32 Å². The highest BCUT2D eigenvalue weighted by Crippen LogP contribution is 2.34. The molecule has 0 aliphatic carbocycles. The van der Waals surface area contributed by atoms with Gasteiger partial charge in [-0.1, -0.05) is 45.4 Å². The van der Waals surface area contributed by atoms with Crippen LogP contribution in [0.4, 0.5) is 5.69 Å². The molecule has 21 heavy (non-hydrogen) atoms. The van der Waals surface area contributed by atoms with Gasteiger partial charge in [0.25, 0.3) is 0 Å². The smallest absolute Gasteiger partial charge is 0.231 e. The number of para-hydroxylation sites is 1. The first-order valence-electron chi connectivity index (χ1n) is 8.20. The third kappa shape index (κ3) is 3.65. The molecule has 0 radical (unpaired) electrons. The van der Waals surface area contributed by atoms with Crippen LogP contribution in [0.2, 0.25) is 0 Å². The van der Waals surface area contributed by atoms with Gasteiger partial charge < -0.3 is 10.6 Å². The van der Waals surface area contributed by atoms with Gasteiger partial charge in [0.05, 0.1) is 5.41 Å². The summed E-state index contributed by atoms with van der Waals surface area (Å²) in [6.07, 6.45) is 4.07. The average Bonchev–Trinajstić information content (AvgIpc) is 2.49. The Morgan fingerprint density at radius 3 is 2.76 bits per heavy atom. The van der Waals surface area contributed by atoms with E-state index in [0.717, 1.165) is 44.5 Å². The topological polar surface area (TPSA) is 41.1 Å². The molecule has 1 heterocycles. The van der Waals surface area contributed by atoms with Crippen LogP contribution in [0.3, 0.4) is 0 Å². The highest BCUT2D eigenvalue weighted by Gasteiger charge is 2.38. The van der Waals surface area contributed by atoms with Crippen molar-refractivity contribution in [2.75, 3.05) is 18.4 Å². The van der Waals surface area contributed by atoms with Gasteiger partial charge in [-0.15, -0.1) is 0 Å². The van der Waals surface area contributed by atoms with E-state index in [4.69, 9.17) is 0 Å². The molecule has 1 saturated heterocycles. The lowest BCUT2D eigenvalue weighted by molar-refractivity contribution is -0.127. The predicted molar refractivity (Wildman–Crippen MR) is 88.6 cm³/mol. The summed E-state index contributed by atoms with van der Waals surface area (Å²) >= 11 is 0. The van der Waals surface area contributed by atoms with Crippen molar-refractivity contribution in [2.45, 2.75) is 52.4 Å². The van der Waals surface area contributed by atoms with Crippen LogP contribution in [0.1, 0.15) is 57.9 Å². The van der Waals surface area contributed by atoms with Crippen LogP contribution >= 0.6 is 0 Å². The first kappa shape index (κ1) is 16.0. The average molecular weight is 288 g/mol. The molecule has 1 atom stereocenters. The molecule has 1 amide bonds. The SMILES string of the molecule is CCCC1(C(=O)Nc2ccccc2C(C)C)CCCNC1. The fraction of sp³-hybridized carbons (Fsp3) is 0.611. The lowest BCUT2D eigenvalue weighted by atomic mass is 9.76. The number of hydrogen-bond acceptors (Lipinski definition) is 2. The van der Waals surface area contributed by atoms with Crippen LogP contribution < -0.4 is 10.6 Å². The molecule has 116 valence electrons. The van der Waals surface area contributed by atoms with Crippen LogP contribution in [0.15, 0.2) is 24.3 Å². The van der Waals surface area contributed by atoms with E-state index in [2.05, 4.69) is 37.5 Å². The molecule has 0 aromatic heterocycles. The van der Waals surface area contributed by atoms with Crippen molar-refractivity contribution in [2.24, 2.45) is 5.41 Å². The van der Waals surface area contributed by atoms with Crippen molar-refractivity contribution < 1.29 is 4.79 Å². The lowest BCUT2D eigenvalue weighted by Crippen LogP contribution is -2.48. The molecule has 0 bridgehead atoms. The van der Waals surface area contributed by atoms with E-state index < -0.39 is 0 Å². The van der Waals surface area contributed by atoms with Gasteiger partial charge in [0.2, 0.25) is 5.91 Å². The van der Waals surface area contributed by atoms with Crippen LogP contribution in [-0.2, 0) is 4.79 Å². The Kier molecular flexibility index (Phi) is 5.40. The van der Waals surface area contributed by atoms with Gasteiger partial charge in [-0.2, -0.15) is 0 Å². The summed E-state index contributed by atoms with van der Waals surface area (Å²) in [5.74, 6) is 0.595. The molecule has 1 fully saturated rings. The quantitative estimate of drug-likeness (QED) is 0.862. The van der Waals surface area contributed by atoms with E-state index in [-0.39, 0.29) is 11.3 Å². The molecular formula is C18H28N2O. The van der Waals surface area contributed by atoms with Gasteiger partial charge >= 0.3 is 0 Å². The fourth-order valence-corrected chi connectivity index (χ4v) is 3.34. The van der Waals surface area contributed by atoms with Crippen LogP contribution in [0.25, 0.3) is 0 Å². The zero-order valence-corrected chi connectivity index (χ0v) is 13.5. The van der Waals surface area contributed by atoms with Crippen molar-refractivity contribution in [3.63, 3.8) is 0 Å². The van der Waals surface area contributed by atoms with Gasteiger partial charge in [-0.3, -0.25) is 4.79 Å². The van der Waals surface area contributed by atoms with Crippen molar-refractivity contribution in [1.29, 1.82) is 0 Å². The second kappa shape index (κ2) is 7.08. The third-order valence-electron chi connectivity index (χ3n) is 4.51. The Morgan fingerprint density at radius 1 is 1.38 bits per heavy atom. The number of piperidine rings is 1. The first-order valence-corrected chi connectivity index (χ1v) is 8.20. The fourth-order valence-electron chi connectivity index (χ4n) is 3.34. The number of carbonyl (C=O) groups excluding carboxylic acids is 1. The Morgan fingerprint density at radius 2 is 2.14 bits per heavy atom. The van der Waals surface area contributed by atoms with Gasteiger partial charge in [-0.05, 0) is 43.4 Å². The number of hydrogen-bond donors (Lipinski definition) is 2. The van der Waals surface area contributed by atoms with E-state index in [1.54, 1.807) is 0 Å². The number of rotatable bonds is 5. The summed E-state index contributed by atoms with van der Waals surface area (Å²) in [7, 11) is 0. The second-order valence-electron chi connectivity index (χ2n) is 6.51. The largest absolute Gasteiger partial charge is 0.325 e. The van der Waals surface area contributed by atoms with Crippen molar-refractivity contribution >= 4 is 11.6 Å². The molecule has 3 heteroatoms. The molecule has 3 nitrogen and oxygen atoms in total. The minimum atomic E-state index is -0.239. The molecule has 1 aliphatic heterocycles. The summed E-state index contributed by atoms with van der Waals surface area (Å²) in [5, 5.41) is 6.61. The molecule has 0 spiro atoms. The summed E-state index contributed by atoms with van der Waals surface area (Å²) in [6, 6.07) is 8.15. The lowest BCUT2D eigenvalue weighted by Gasteiger charge is -2.36. The molecule has 1 unspecified atom stereocenters. The zero-order valence-electron chi connectivity index (χ0n) is 13.5. The van der Waals surface area contributed by atoms with E-state index in [1.807, 2.05) is 18.2 Å². The molecular weight excluding hydrogens is 260 g/mol. The maximum absolute atomic E-state index is 12.9. The number of amides is 1. The van der Waals surface area contributed by atoms with Crippen LogP contribution in [-0.4, -0.2) is 19.0 Å². The minimum Gasteiger partial charge on any atom is -0.325 e. The van der Waals surface area contributed by atoms with E-state index in [0.29, 0.717) is 5.92 Å². The Labute approximate surface area is 128 Å². The molecule has 1 aromatic carbocycles. The minimum absolute atomic E-state index is 0.185. The second-order valence-corrected chi connectivity index (χ2v) is 6.51. The predicted octanol–water partition coefficient (Wildman–Crippen LogP) is 3.92. The maximum Gasteiger partial charge on any atom is 0.231 e. The zero-order chi connectivity index (χ0) is 15.3. The van der Waals surface area contributed by atoms with E-state index in [1.165, 1.54) is 5.56 Å². The number of carbonyl (C=O) groups is 1. The standard InChI is InChI=1S/C18H28N2O/c1-4-10-18(11-7-12-19-13-18)17(21)20-16-9-6-5-8-15(16)14(2)3/h5-6,8-9,14,19H,4,7,10-13H2,1-3H3,(H,20,21). The summed E-state index contributed by atoms with van der Waals surface area (Å²) in [4.78, 5) is 12.9. The number of anilines is 1. The van der Waals surface area contributed by atoms with Gasteiger partial charge in [0, 0.05) is 12.2 Å². The van der Waals surface area contributed by atoms with Gasteiger partial charge in [0.1, 0.15) is 0 Å². The van der Waals surface area contributed by atoms with Crippen molar-refractivity contribution in [3.8, 4) is 0 Å². The Balaban J connectivity index is 2.19. The maximum atomic E-state index is 12.9. The number of benzene rings is 1. The third-order valence-corrected chi connectivity index (χ3v) is 4.51. The van der Waals surface area contributed by atoms with Gasteiger partial charge in [0.15, 0.2) is 0 Å². The molecule has 0 saturated carbocycles. The Hall–Kier alpha value is -1.35. The molecule has 2 rings (SSSR count). The Bertz CT molecular complexity index is 470. The highest BCUT2D eigenvalue weighted by molar-refractivity contribution is 5.96. The van der Waals surface area contributed by atoms with Crippen molar-refractivity contribution in [3.05, 3.63) is 29.8 Å². The normalized spacial score (nSPS) is 22.3. The summed E-state index contributed by atoms with van der Waals surface area (Å²) < 4.78 is 0. The number of nitrogens with one attached hydrogen (secondary N) is 2. The van der Waals surface area contributed by atoms with E-state index >= 15 is 0 Å². The van der Waals surface area contributed by atoms with Crippen LogP contribution in [0, 0.1) is 5.41 Å². The summed E-state index contributed by atoms with van der Waals surface area (Å²) in [6.45, 7) is 8.31. The van der Waals surface area contributed by atoms with Crippen LogP contribution in [0.5, 0.6) is 0 Å². The summed E-state index contributed by atoms with van der Waals surface area (Å²) in [5.41, 5.74) is 1.94. The molecule has 1 aromatic rings.